The molecular weight excluding hydrogens is 352 g/mol. The number of hydrogen-bond donors (Lipinski definition) is 1. The van der Waals surface area contributed by atoms with Gasteiger partial charge in [-0.1, -0.05) is 18.2 Å². The van der Waals surface area contributed by atoms with Gasteiger partial charge in [0.05, 0.1) is 5.69 Å². The van der Waals surface area contributed by atoms with Gasteiger partial charge in [0.2, 0.25) is 5.91 Å². The predicted octanol–water partition coefficient (Wildman–Crippen LogP) is 1.63. The minimum atomic E-state index is -3.82. The summed E-state index contributed by atoms with van der Waals surface area (Å²) in [6.07, 6.45) is 3.30. The van der Waals surface area contributed by atoms with Crippen LogP contribution in [0.4, 0.5) is 5.69 Å². The Morgan fingerprint density at radius 1 is 1.19 bits per heavy atom. The first-order chi connectivity index (χ1) is 12.2. The predicted molar refractivity (Wildman–Crippen MR) is 102 cm³/mol. The number of aromatic nitrogens is 1. The van der Waals surface area contributed by atoms with Gasteiger partial charge in [-0.3, -0.25) is 9.78 Å². The summed E-state index contributed by atoms with van der Waals surface area (Å²) in [5, 5.41) is 2.74. The van der Waals surface area contributed by atoms with Crippen molar-refractivity contribution in [3.8, 4) is 0 Å². The monoisotopic (exact) mass is 376 g/mol. The van der Waals surface area contributed by atoms with E-state index in [-0.39, 0.29) is 19.0 Å². The van der Waals surface area contributed by atoms with Crippen molar-refractivity contribution >= 4 is 21.8 Å². The Balaban J connectivity index is 2.24. The normalized spacial score (nSPS) is 11.4. The molecule has 0 spiro atoms. The molecule has 0 saturated carbocycles. The molecular formula is C18H24N4O3S. The Morgan fingerprint density at radius 2 is 1.92 bits per heavy atom. The van der Waals surface area contributed by atoms with Gasteiger partial charge in [-0.25, -0.2) is 4.31 Å². The summed E-state index contributed by atoms with van der Waals surface area (Å²) >= 11 is 0. The molecule has 1 aromatic carbocycles. The number of carbonyl (C=O) groups excluding carboxylic acids is 1. The number of rotatable bonds is 7. The quantitative estimate of drug-likeness (QED) is 0.796. The van der Waals surface area contributed by atoms with Gasteiger partial charge in [-0.05, 0) is 42.7 Å². The highest BCUT2D eigenvalue weighted by atomic mass is 32.2. The number of nitrogens with zero attached hydrogens (tertiary/aromatic N) is 3. The molecule has 0 fully saturated rings. The maximum Gasteiger partial charge on any atom is 0.304 e. The lowest BCUT2D eigenvalue weighted by atomic mass is 10.1. The third kappa shape index (κ3) is 4.80. The van der Waals surface area contributed by atoms with Crippen LogP contribution < -0.4 is 9.62 Å². The molecule has 2 aromatic rings. The third-order valence-corrected chi connectivity index (χ3v) is 5.68. The van der Waals surface area contributed by atoms with Gasteiger partial charge in [0.15, 0.2) is 0 Å². The summed E-state index contributed by atoms with van der Waals surface area (Å²) in [4.78, 5) is 16.4. The minimum absolute atomic E-state index is 0.287. The Kier molecular flexibility index (Phi) is 6.33. The van der Waals surface area contributed by atoms with Crippen LogP contribution in [0.3, 0.4) is 0 Å². The standard InChI is InChI=1S/C18H24N4O3S/c1-14-7-8-15(2)17(10-14)22(26(24,25)21(3)4)13-18(23)20-12-16-6-5-9-19-11-16/h5-11H,12-13H2,1-4H3,(H,20,23). The zero-order valence-corrected chi connectivity index (χ0v) is 16.2. The Hall–Kier alpha value is -2.45. The first-order valence-corrected chi connectivity index (χ1v) is 9.54. The first kappa shape index (κ1) is 19.9. The number of carbonyl (C=O) groups is 1. The van der Waals surface area contributed by atoms with Crippen molar-refractivity contribution in [2.75, 3.05) is 24.9 Å². The molecule has 8 heteroatoms. The van der Waals surface area contributed by atoms with E-state index in [1.165, 1.54) is 14.1 Å². The lowest BCUT2D eigenvalue weighted by molar-refractivity contribution is -0.119. The van der Waals surface area contributed by atoms with E-state index in [1.54, 1.807) is 24.5 Å². The molecule has 0 unspecified atom stereocenters. The number of nitrogens with one attached hydrogen (secondary N) is 1. The Labute approximate surface area is 154 Å². The van der Waals surface area contributed by atoms with Crippen LogP contribution in [0.15, 0.2) is 42.7 Å². The van der Waals surface area contributed by atoms with Crippen LogP contribution >= 0.6 is 0 Å². The van der Waals surface area contributed by atoms with Crippen LogP contribution in [-0.2, 0) is 21.5 Å². The van der Waals surface area contributed by atoms with Crippen LogP contribution in [0.2, 0.25) is 0 Å². The molecule has 0 atom stereocenters. The zero-order chi connectivity index (χ0) is 19.3. The zero-order valence-electron chi connectivity index (χ0n) is 15.4. The number of aryl methyl sites for hydroxylation is 2. The van der Waals surface area contributed by atoms with Crippen molar-refractivity contribution in [1.82, 2.24) is 14.6 Å². The summed E-state index contributed by atoms with van der Waals surface area (Å²) in [5.74, 6) is -0.389. The average molecular weight is 376 g/mol. The average Bonchev–Trinajstić information content (AvgIpc) is 2.60. The number of pyridine rings is 1. The van der Waals surface area contributed by atoms with Crippen molar-refractivity contribution in [2.45, 2.75) is 20.4 Å². The molecule has 2 rings (SSSR count). The molecule has 1 aromatic heterocycles. The van der Waals surface area contributed by atoms with E-state index in [2.05, 4.69) is 10.3 Å². The van der Waals surface area contributed by atoms with Gasteiger partial charge in [-0.15, -0.1) is 0 Å². The van der Waals surface area contributed by atoms with Crippen LogP contribution in [0.25, 0.3) is 0 Å². The van der Waals surface area contributed by atoms with Gasteiger partial charge in [0.1, 0.15) is 6.54 Å². The second-order valence-corrected chi connectivity index (χ2v) is 8.29. The summed E-state index contributed by atoms with van der Waals surface area (Å²) in [6, 6.07) is 9.13. The summed E-state index contributed by atoms with van der Waals surface area (Å²) < 4.78 is 27.8. The third-order valence-electron chi connectivity index (χ3n) is 3.87. The fraction of sp³-hybridized carbons (Fsp3) is 0.333. The lowest BCUT2D eigenvalue weighted by Crippen LogP contribution is -2.46. The first-order valence-electron chi connectivity index (χ1n) is 8.15. The van der Waals surface area contributed by atoms with E-state index in [0.717, 1.165) is 25.3 Å². The summed E-state index contributed by atoms with van der Waals surface area (Å²) in [6.45, 7) is 3.69. The van der Waals surface area contributed by atoms with E-state index in [9.17, 15) is 13.2 Å². The highest BCUT2D eigenvalue weighted by Crippen LogP contribution is 2.25. The smallest absolute Gasteiger partial charge is 0.304 e. The molecule has 1 amide bonds. The topological polar surface area (TPSA) is 82.6 Å². The Bertz CT molecular complexity index is 867. The minimum Gasteiger partial charge on any atom is -0.350 e. The molecule has 140 valence electrons. The molecule has 0 aliphatic rings. The second-order valence-electron chi connectivity index (χ2n) is 6.22. The lowest BCUT2D eigenvalue weighted by Gasteiger charge is -2.28. The maximum absolute atomic E-state index is 12.8. The van der Waals surface area contributed by atoms with Gasteiger partial charge < -0.3 is 5.32 Å². The van der Waals surface area contributed by atoms with Crippen LogP contribution in [0.5, 0.6) is 0 Å². The van der Waals surface area contributed by atoms with E-state index in [0.29, 0.717) is 5.69 Å². The van der Waals surface area contributed by atoms with Crippen molar-refractivity contribution in [3.63, 3.8) is 0 Å². The number of hydrogen-bond acceptors (Lipinski definition) is 4. The van der Waals surface area contributed by atoms with Crippen molar-refractivity contribution in [3.05, 3.63) is 59.4 Å². The number of anilines is 1. The number of amides is 1. The fourth-order valence-electron chi connectivity index (χ4n) is 2.37. The summed E-state index contributed by atoms with van der Waals surface area (Å²) in [7, 11) is -0.925. The van der Waals surface area contributed by atoms with Gasteiger partial charge >= 0.3 is 10.2 Å². The fourth-order valence-corrected chi connectivity index (χ4v) is 3.49. The highest BCUT2D eigenvalue weighted by Gasteiger charge is 2.28. The summed E-state index contributed by atoms with van der Waals surface area (Å²) in [5.41, 5.74) is 3.03. The van der Waals surface area contributed by atoms with E-state index < -0.39 is 10.2 Å². The van der Waals surface area contributed by atoms with Gasteiger partial charge in [-0.2, -0.15) is 12.7 Å². The van der Waals surface area contributed by atoms with E-state index in [1.807, 2.05) is 32.0 Å². The Morgan fingerprint density at radius 3 is 2.54 bits per heavy atom. The van der Waals surface area contributed by atoms with Crippen LogP contribution in [0, 0.1) is 13.8 Å². The molecule has 7 nitrogen and oxygen atoms in total. The van der Waals surface area contributed by atoms with Crippen molar-refractivity contribution < 1.29 is 13.2 Å². The van der Waals surface area contributed by atoms with Crippen molar-refractivity contribution in [1.29, 1.82) is 0 Å². The highest BCUT2D eigenvalue weighted by molar-refractivity contribution is 7.90. The molecule has 1 heterocycles. The van der Waals surface area contributed by atoms with Gasteiger partial charge in [0.25, 0.3) is 0 Å². The molecule has 0 radical (unpaired) electrons. The second kappa shape index (κ2) is 8.29. The molecule has 0 aliphatic carbocycles. The largest absolute Gasteiger partial charge is 0.350 e. The molecule has 26 heavy (non-hydrogen) atoms. The van der Waals surface area contributed by atoms with Crippen LogP contribution in [0.1, 0.15) is 16.7 Å². The van der Waals surface area contributed by atoms with Crippen molar-refractivity contribution in [2.24, 2.45) is 0 Å². The number of benzene rings is 1. The van der Waals surface area contributed by atoms with E-state index in [4.69, 9.17) is 0 Å². The molecule has 1 N–H and O–H groups in total. The van der Waals surface area contributed by atoms with Gasteiger partial charge in [0, 0.05) is 33.0 Å². The molecule has 0 bridgehead atoms. The molecule has 0 saturated heterocycles. The van der Waals surface area contributed by atoms with Crippen LogP contribution in [-0.4, -0.2) is 44.3 Å². The maximum atomic E-state index is 12.8. The molecule has 0 aliphatic heterocycles. The van der Waals surface area contributed by atoms with E-state index >= 15 is 0 Å². The SMILES string of the molecule is Cc1ccc(C)c(N(CC(=O)NCc2cccnc2)S(=O)(=O)N(C)C)c1.